The zero-order valence-corrected chi connectivity index (χ0v) is 12.8. The standard InChI is InChI=1S/C15H20N4O4/c1-15(22)11(21)9(6-20)23-14(15)19-5-8-3-2-4-16-12-10(8)13(19)18-7-17-12/h5,7,9,11,14,20-22H,2-4,6H2,1H3,(H,16,17,18)/t9-,11-,14?,15-/m1/s1. The van der Waals surface area contributed by atoms with Crippen LogP contribution in [-0.4, -0.2) is 60.8 Å². The number of aliphatic hydroxyl groups excluding tert-OH is 2. The van der Waals surface area contributed by atoms with E-state index < -0.39 is 24.0 Å². The monoisotopic (exact) mass is 320 g/mol. The molecule has 1 fully saturated rings. The lowest BCUT2D eigenvalue weighted by Crippen LogP contribution is -2.44. The number of aliphatic hydroxyl groups is 3. The lowest BCUT2D eigenvalue weighted by Gasteiger charge is -2.27. The van der Waals surface area contributed by atoms with Gasteiger partial charge in [0.2, 0.25) is 0 Å². The first kappa shape index (κ1) is 14.8. The molecule has 1 saturated heterocycles. The van der Waals surface area contributed by atoms with E-state index in [-0.39, 0.29) is 6.61 Å². The highest BCUT2D eigenvalue weighted by atomic mass is 16.6. The minimum atomic E-state index is -1.53. The Morgan fingerprint density at radius 3 is 3.04 bits per heavy atom. The first-order valence-corrected chi connectivity index (χ1v) is 7.79. The maximum Gasteiger partial charge on any atom is 0.167 e. The van der Waals surface area contributed by atoms with Gasteiger partial charge in [0.05, 0.1) is 12.0 Å². The second-order valence-electron chi connectivity index (χ2n) is 6.39. The summed E-state index contributed by atoms with van der Waals surface area (Å²) in [5.74, 6) is 0.776. The largest absolute Gasteiger partial charge is 0.394 e. The van der Waals surface area contributed by atoms with Gasteiger partial charge in [-0.2, -0.15) is 0 Å². The molecule has 2 aromatic rings. The fraction of sp³-hybridized carbons (Fsp3) is 0.600. The van der Waals surface area contributed by atoms with Crippen LogP contribution in [0.3, 0.4) is 0 Å². The maximum absolute atomic E-state index is 10.7. The Bertz CT molecular complexity index is 744. The van der Waals surface area contributed by atoms with Crippen molar-refractivity contribution in [1.29, 1.82) is 0 Å². The highest BCUT2D eigenvalue weighted by molar-refractivity contribution is 5.91. The van der Waals surface area contributed by atoms with Gasteiger partial charge in [-0.15, -0.1) is 0 Å². The molecule has 0 spiro atoms. The number of rotatable bonds is 2. The molecule has 0 radical (unpaired) electrons. The smallest absolute Gasteiger partial charge is 0.167 e. The first-order chi connectivity index (χ1) is 11.0. The van der Waals surface area contributed by atoms with Gasteiger partial charge in [-0.1, -0.05) is 0 Å². The van der Waals surface area contributed by atoms with Gasteiger partial charge >= 0.3 is 0 Å². The van der Waals surface area contributed by atoms with E-state index in [1.807, 2.05) is 6.20 Å². The van der Waals surface area contributed by atoms with Crippen LogP contribution in [0.4, 0.5) is 5.82 Å². The molecule has 8 heteroatoms. The molecule has 2 aliphatic heterocycles. The Balaban J connectivity index is 1.87. The van der Waals surface area contributed by atoms with Crippen molar-refractivity contribution in [3.63, 3.8) is 0 Å². The van der Waals surface area contributed by atoms with E-state index in [1.165, 1.54) is 13.3 Å². The molecule has 2 aliphatic rings. The number of nitrogens with one attached hydrogen (secondary N) is 1. The fourth-order valence-electron chi connectivity index (χ4n) is 3.54. The third-order valence-electron chi connectivity index (χ3n) is 4.79. The molecule has 2 aromatic heterocycles. The molecular weight excluding hydrogens is 300 g/mol. The van der Waals surface area contributed by atoms with Gasteiger partial charge in [0.25, 0.3) is 0 Å². The summed E-state index contributed by atoms with van der Waals surface area (Å²) in [7, 11) is 0. The van der Waals surface area contributed by atoms with Crippen LogP contribution in [0, 0.1) is 0 Å². The zero-order chi connectivity index (χ0) is 16.2. The molecule has 0 saturated carbocycles. The number of hydrogen-bond donors (Lipinski definition) is 4. The molecular formula is C15H20N4O4. The molecule has 4 heterocycles. The summed E-state index contributed by atoms with van der Waals surface area (Å²) in [5, 5.41) is 34.5. The SMILES string of the molecule is C[C@]1(O)C(n2cc3c4c(ncnc42)NCCC3)O[C@H](CO)[C@H]1O. The van der Waals surface area contributed by atoms with Crippen molar-refractivity contribution in [1.82, 2.24) is 14.5 Å². The number of hydrogen-bond acceptors (Lipinski definition) is 7. The van der Waals surface area contributed by atoms with Crippen molar-refractivity contribution < 1.29 is 20.1 Å². The Labute approximate surface area is 132 Å². The summed E-state index contributed by atoms with van der Waals surface area (Å²) in [6, 6.07) is 0. The second-order valence-corrected chi connectivity index (χ2v) is 6.39. The van der Waals surface area contributed by atoms with E-state index >= 15 is 0 Å². The number of nitrogens with zero attached hydrogens (tertiary/aromatic N) is 3. The van der Waals surface area contributed by atoms with Crippen molar-refractivity contribution in [2.24, 2.45) is 0 Å². The number of aromatic nitrogens is 3. The summed E-state index contributed by atoms with van der Waals surface area (Å²) < 4.78 is 7.45. The average Bonchev–Trinajstić information content (AvgIpc) is 2.90. The van der Waals surface area contributed by atoms with Gasteiger partial charge in [-0.25, -0.2) is 9.97 Å². The highest BCUT2D eigenvalue weighted by Crippen LogP contribution is 2.41. The lowest BCUT2D eigenvalue weighted by atomic mass is 9.96. The summed E-state index contributed by atoms with van der Waals surface area (Å²) in [6.07, 6.45) is 2.39. The van der Waals surface area contributed by atoms with Gasteiger partial charge in [-0.3, -0.25) is 0 Å². The predicted octanol–water partition coefficient (Wildman–Crippen LogP) is -0.209. The molecule has 124 valence electrons. The molecule has 4 atom stereocenters. The normalized spacial score (nSPS) is 33.7. The Morgan fingerprint density at radius 2 is 2.30 bits per heavy atom. The number of ether oxygens (including phenoxy) is 1. The van der Waals surface area contributed by atoms with Gasteiger partial charge in [-0.05, 0) is 25.3 Å². The quantitative estimate of drug-likeness (QED) is 0.605. The predicted molar refractivity (Wildman–Crippen MR) is 82.0 cm³/mol. The van der Waals surface area contributed by atoms with Crippen LogP contribution in [0.25, 0.3) is 11.0 Å². The van der Waals surface area contributed by atoms with Gasteiger partial charge in [0, 0.05) is 12.7 Å². The molecule has 4 N–H and O–H groups in total. The lowest BCUT2D eigenvalue weighted by molar-refractivity contribution is -0.0948. The Morgan fingerprint density at radius 1 is 1.48 bits per heavy atom. The summed E-state index contributed by atoms with van der Waals surface area (Å²) in [5.41, 5.74) is 0.205. The van der Waals surface area contributed by atoms with Gasteiger partial charge < -0.3 is 29.9 Å². The Hall–Kier alpha value is -1.74. The molecule has 0 amide bonds. The van der Waals surface area contributed by atoms with Crippen molar-refractivity contribution in [2.45, 2.75) is 43.8 Å². The maximum atomic E-state index is 10.7. The molecule has 0 bridgehead atoms. The molecule has 23 heavy (non-hydrogen) atoms. The van der Waals surface area contributed by atoms with E-state index in [9.17, 15) is 15.3 Å². The van der Waals surface area contributed by atoms with E-state index in [1.54, 1.807) is 4.57 Å². The van der Waals surface area contributed by atoms with Crippen molar-refractivity contribution in [3.8, 4) is 0 Å². The van der Waals surface area contributed by atoms with Crippen LogP contribution in [0.5, 0.6) is 0 Å². The van der Waals surface area contributed by atoms with Crippen LogP contribution < -0.4 is 5.32 Å². The molecule has 1 unspecified atom stereocenters. The van der Waals surface area contributed by atoms with Gasteiger partial charge in [0.1, 0.15) is 35.6 Å². The van der Waals surface area contributed by atoms with Crippen LogP contribution in [0.1, 0.15) is 25.1 Å². The average molecular weight is 320 g/mol. The van der Waals surface area contributed by atoms with Crippen LogP contribution in [0.15, 0.2) is 12.5 Å². The van der Waals surface area contributed by atoms with E-state index in [0.717, 1.165) is 36.2 Å². The molecule has 4 rings (SSSR count). The number of anilines is 1. The van der Waals surface area contributed by atoms with E-state index in [4.69, 9.17) is 4.74 Å². The number of aryl methyl sites for hydroxylation is 1. The van der Waals surface area contributed by atoms with Crippen LogP contribution >= 0.6 is 0 Å². The first-order valence-electron chi connectivity index (χ1n) is 7.79. The van der Waals surface area contributed by atoms with Crippen molar-refractivity contribution in [3.05, 3.63) is 18.1 Å². The van der Waals surface area contributed by atoms with Crippen molar-refractivity contribution in [2.75, 3.05) is 18.5 Å². The molecule has 0 aliphatic carbocycles. The van der Waals surface area contributed by atoms with E-state index in [0.29, 0.717) is 5.65 Å². The Kier molecular flexibility index (Phi) is 3.31. The second kappa shape index (κ2) is 5.13. The summed E-state index contributed by atoms with van der Waals surface area (Å²) in [6.45, 7) is 2.00. The topological polar surface area (TPSA) is 113 Å². The minimum Gasteiger partial charge on any atom is -0.394 e. The fourth-order valence-corrected chi connectivity index (χ4v) is 3.54. The van der Waals surface area contributed by atoms with E-state index in [2.05, 4.69) is 15.3 Å². The third-order valence-corrected chi connectivity index (χ3v) is 4.79. The van der Waals surface area contributed by atoms with Gasteiger partial charge in [0.15, 0.2) is 6.23 Å². The minimum absolute atomic E-state index is 0.359. The van der Waals surface area contributed by atoms with Crippen molar-refractivity contribution >= 4 is 16.9 Å². The zero-order valence-electron chi connectivity index (χ0n) is 12.8. The third kappa shape index (κ3) is 2.06. The summed E-state index contributed by atoms with van der Waals surface area (Å²) in [4.78, 5) is 8.64. The van der Waals surface area contributed by atoms with Crippen LogP contribution in [0.2, 0.25) is 0 Å². The summed E-state index contributed by atoms with van der Waals surface area (Å²) >= 11 is 0. The molecule has 8 nitrogen and oxygen atoms in total. The molecule has 0 aromatic carbocycles. The highest BCUT2D eigenvalue weighted by Gasteiger charge is 2.53. The van der Waals surface area contributed by atoms with Crippen LogP contribution in [-0.2, 0) is 11.2 Å².